The lowest BCUT2D eigenvalue weighted by atomic mass is 10.0. The molecule has 1 N–H and O–H groups in total. The van der Waals surface area contributed by atoms with Gasteiger partial charge in [-0.15, -0.1) is 0 Å². The zero-order valence-electron chi connectivity index (χ0n) is 15.2. The second-order valence-electron chi connectivity index (χ2n) is 6.95. The van der Waals surface area contributed by atoms with Crippen molar-refractivity contribution in [3.05, 3.63) is 71.4 Å². The van der Waals surface area contributed by atoms with Crippen LogP contribution in [0.2, 0.25) is 0 Å². The summed E-state index contributed by atoms with van der Waals surface area (Å²) >= 11 is 0. The van der Waals surface area contributed by atoms with Crippen molar-refractivity contribution in [3.63, 3.8) is 0 Å². The Hall–Kier alpha value is -3.08. The van der Waals surface area contributed by atoms with Crippen LogP contribution in [0.25, 0.3) is 0 Å². The summed E-state index contributed by atoms with van der Waals surface area (Å²) in [5.74, 6) is 1.36. The summed E-state index contributed by atoms with van der Waals surface area (Å²) in [4.78, 5) is 15.1. The minimum atomic E-state index is -0.00809. The Kier molecular flexibility index (Phi) is 3.99. The third-order valence-electron chi connectivity index (χ3n) is 4.86. The molecule has 0 radical (unpaired) electrons. The van der Waals surface area contributed by atoms with Gasteiger partial charge in [0.05, 0.1) is 24.1 Å². The normalized spacial score (nSPS) is 13.0. The molecular formula is C21H22N4O. The minimum absolute atomic E-state index is 0.00809. The molecule has 1 amide bonds. The van der Waals surface area contributed by atoms with Crippen LogP contribution in [0.15, 0.2) is 54.7 Å². The van der Waals surface area contributed by atoms with Crippen LogP contribution in [-0.2, 0) is 13.6 Å². The van der Waals surface area contributed by atoms with Crippen LogP contribution in [0.5, 0.6) is 0 Å². The summed E-state index contributed by atoms with van der Waals surface area (Å²) < 4.78 is 1.80. The number of aromatic nitrogens is 2. The number of benzene rings is 2. The van der Waals surface area contributed by atoms with E-state index < -0.39 is 0 Å². The van der Waals surface area contributed by atoms with E-state index in [4.69, 9.17) is 0 Å². The third kappa shape index (κ3) is 2.75. The fraction of sp³-hybridized carbons (Fsp3) is 0.238. The molecule has 0 saturated carbocycles. The van der Waals surface area contributed by atoms with Gasteiger partial charge in [0, 0.05) is 18.2 Å². The van der Waals surface area contributed by atoms with Crippen LogP contribution in [0.1, 0.15) is 41.3 Å². The van der Waals surface area contributed by atoms with Crippen molar-refractivity contribution in [2.75, 3.05) is 10.2 Å². The first-order chi connectivity index (χ1) is 12.5. The van der Waals surface area contributed by atoms with Crippen molar-refractivity contribution in [2.24, 2.45) is 7.05 Å². The first-order valence-corrected chi connectivity index (χ1v) is 8.83. The first-order valence-electron chi connectivity index (χ1n) is 8.83. The Morgan fingerprint density at radius 3 is 2.58 bits per heavy atom. The number of hydrogen-bond donors (Lipinski definition) is 1. The molecule has 0 atom stereocenters. The molecule has 0 unspecified atom stereocenters. The number of amides is 1. The number of aryl methyl sites for hydroxylation is 1. The number of para-hydroxylation sites is 2. The van der Waals surface area contributed by atoms with E-state index in [1.807, 2.05) is 66.7 Å². The highest BCUT2D eigenvalue weighted by molar-refractivity contribution is 6.08. The fourth-order valence-corrected chi connectivity index (χ4v) is 3.31. The molecular weight excluding hydrogens is 324 g/mol. The lowest BCUT2D eigenvalue weighted by Crippen LogP contribution is -2.30. The number of rotatable bonds is 2. The summed E-state index contributed by atoms with van der Waals surface area (Å²) in [7, 11) is 1.90. The van der Waals surface area contributed by atoms with E-state index in [-0.39, 0.29) is 5.91 Å². The van der Waals surface area contributed by atoms with E-state index in [1.54, 1.807) is 4.68 Å². The maximum atomic E-state index is 13.3. The molecule has 0 bridgehead atoms. The van der Waals surface area contributed by atoms with Crippen LogP contribution in [0.4, 0.5) is 17.2 Å². The molecule has 0 aliphatic carbocycles. The maximum absolute atomic E-state index is 13.3. The van der Waals surface area contributed by atoms with Crippen molar-refractivity contribution in [1.82, 2.24) is 9.78 Å². The average molecular weight is 346 g/mol. The summed E-state index contributed by atoms with van der Waals surface area (Å²) in [5, 5.41) is 7.74. The van der Waals surface area contributed by atoms with Crippen LogP contribution in [0.3, 0.4) is 0 Å². The number of nitrogens with zero attached hydrogens (tertiary/aromatic N) is 3. The van der Waals surface area contributed by atoms with Gasteiger partial charge < -0.3 is 10.2 Å². The largest absolute Gasteiger partial charge is 0.338 e. The van der Waals surface area contributed by atoms with Gasteiger partial charge in [-0.1, -0.05) is 38.1 Å². The molecule has 1 aliphatic heterocycles. The van der Waals surface area contributed by atoms with Crippen LogP contribution >= 0.6 is 0 Å². The summed E-state index contributed by atoms with van der Waals surface area (Å²) in [6, 6.07) is 15.8. The predicted molar refractivity (Wildman–Crippen MR) is 104 cm³/mol. The third-order valence-corrected chi connectivity index (χ3v) is 4.86. The second kappa shape index (κ2) is 6.33. The quantitative estimate of drug-likeness (QED) is 0.746. The van der Waals surface area contributed by atoms with Gasteiger partial charge >= 0.3 is 0 Å². The van der Waals surface area contributed by atoms with E-state index in [1.165, 1.54) is 5.56 Å². The molecule has 3 aromatic rings. The number of hydrogen-bond acceptors (Lipinski definition) is 3. The number of fused-ring (bicyclic) bond motifs is 2. The topological polar surface area (TPSA) is 50.2 Å². The lowest BCUT2D eigenvalue weighted by molar-refractivity contribution is 0.0985. The van der Waals surface area contributed by atoms with E-state index in [2.05, 4.69) is 24.3 Å². The highest BCUT2D eigenvalue weighted by atomic mass is 16.2. The van der Waals surface area contributed by atoms with Crippen molar-refractivity contribution < 1.29 is 4.79 Å². The molecule has 2 aromatic carbocycles. The molecule has 5 heteroatoms. The molecule has 1 aromatic heterocycles. The molecule has 4 rings (SSSR count). The Balaban J connectivity index is 1.75. The summed E-state index contributed by atoms with van der Waals surface area (Å²) in [5.41, 5.74) is 4.70. The number of carbonyl (C=O) groups is 1. The second-order valence-corrected chi connectivity index (χ2v) is 6.95. The minimum Gasteiger partial charge on any atom is -0.338 e. The van der Waals surface area contributed by atoms with Crippen molar-refractivity contribution >= 4 is 23.1 Å². The Bertz CT molecular complexity index is 956. The van der Waals surface area contributed by atoms with E-state index in [0.717, 1.165) is 22.8 Å². The van der Waals surface area contributed by atoms with Gasteiger partial charge in [-0.25, -0.2) is 0 Å². The van der Waals surface area contributed by atoms with Gasteiger partial charge in [-0.05, 0) is 35.7 Å². The van der Waals surface area contributed by atoms with Crippen LogP contribution in [-0.4, -0.2) is 15.7 Å². The number of nitrogens with one attached hydrogen (secondary N) is 1. The summed E-state index contributed by atoms with van der Waals surface area (Å²) in [6.45, 7) is 4.78. The predicted octanol–water partition coefficient (Wildman–Crippen LogP) is 4.45. The van der Waals surface area contributed by atoms with Gasteiger partial charge in [0.25, 0.3) is 5.91 Å². The molecule has 0 saturated heterocycles. The van der Waals surface area contributed by atoms with Crippen molar-refractivity contribution in [1.29, 1.82) is 0 Å². The smallest absolute Gasteiger partial charge is 0.258 e. The first kappa shape index (κ1) is 16.4. The maximum Gasteiger partial charge on any atom is 0.258 e. The molecule has 1 aliphatic rings. The van der Waals surface area contributed by atoms with Gasteiger partial charge in [0.15, 0.2) is 0 Å². The number of carbonyl (C=O) groups excluding carboxylic acids is 1. The van der Waals surface area contributed by atoms with Crippen molar-refractivity contribution in [2.45, 2.75) is 26.3 Å². The highest BCUT2D eigenvalue weighted by Gasteiger charge is 2.26. The molecule has 0 fully saturated rings. The zero-order chi connectivity index (χ0) is 18.3. The Morgan fingerprint density at radius 2 is 1.85 bits per heavy atom. The number of anilines is 3. The zero-order valence-corrected chi connectivity index (χ0v) is 15.2. The fourth-order valence-electron chi connectivity index (χ4n) is 3.31. The molecule has 2 heterocycles. The molecule has 5 nitrogen and oxygen atoms in total. The summed E-state index contributed by atoms with van der Waals surface area (Å²) in [6.07, 6.45) is 1.82. The van der Waals surface area contributed by atoms with E-state index >= 15 is 0 Å². The molecule has 26 heavy (non-hydrogen) atoms. The van der Waals surface area contributed by atoms with Gasteiger partial charge in [-0.2, -0.15) is 5.10 Å². The van der Waals surface area contributed by atoms with E-state index in [9.17, 15) is 4.79 Å². The standard InChI is InChI=1S/C21H22N4O/c1-14(2)15-8-10-16(11-9-15)21(26)25-13-17-12-22-24(3)20(17)23-18-6-4-5-7-19(18)25/h4-12,14,23H,13H2,1-3H3. The van der Waals surface area contributed by atoms with Crippen molar-refractivity contribution in [3.8, 4) is 0 Å². The highest BCUT2D eigenvalue weighted by Crippen LogP contribution is 2.36. The van der Waals surface area contributed by atoms with Gasteiger partial charge in [0.1, 0.15) is 5.82 Å². The lowest BCUT2D eigenvalue weighted by Gasteiger charge is -2.22. The molecule has 132 valence electrons. The SMILES string of the molecule is CC(C)c1ccc(C(=O)N2Cc3cnn(C)c3Nc3ccccc32)cc1. The average Bonchev–Trinajstić information content (AvgIpc) is 2.90. The molecule has 0 spiro atoms. The van der Waals surface area contributed by atoms with Crippen LogP contribution in [0, 0.1) is 0 Å². The van der Waals surface area contributed by atoms with Gasteiger partial charge in [0.2, 0.25) is 0 Å². The monoisotopic (exact) mass is 346 g/mol. The Morgan fingerprint density at radius 1 is 1.12 bits per heavy atom. The van der Waals surface area contributed by atoms with Gasteiger partial charge in [-0.3, -0.25) is 9.48 Å². The Labute approximate surface area is 153 Å². The van der Waals surface area contributed by atoms with Crippen LogP contribution < -0.4 is 10.2 Å². The van der Waals surface area contributed by atoms with E-state index in [0.29, 0.717) is 18.0 Å².